The maximum atomic E-state index is 5.92. The van der Waals surface area contributed by atoms with Crippen LogP contribution in [0.1, 0.15) is 22.5 Å². The Hall–Kier alpha value is -1.78. The molecule has 1 aromatic heterocycles. The molecule has 3 aromatic rings. The maximum Gasteiger partial charge on any atom is 0.191 e. The number of hydrogen-bond acceptors (Lipinski definition) is 3. The molecule has 0 bridgehead atoms. The molecule has 2 aromatic carbocycles. The van der Waals surface area contributed by atoms with Crippen LogP contribution in [0.25, 0.3) is 0 Å². The van der Waals surface area contributed by atoms with Crippen LogP contribution < -0.4 is 0 Å². The van der Waals surface area contributed by atoms with Gasteiger partial charge in [0.25, 0.3) is 0 Å². The van der Waals surface area contributed by atoms with Crippen molar-refractivity contribution in [3.8, 4) is 0 Å². The molecule has 0 aliphatic rings. The molecular weight excluding hydrogens is 326 g/mol. The highest BCUT2D eigenvalue weighted by Crippen LogP contribution is 2.22. The van der Waals surface area contributed by atoms with Crippen LogP contribution in [0.4, 0.5) is 0 Å². The lowest BCUT2D eigenvalue weighted by Crippen LogP contribution is -2.00. The molecular formula is C18H18ClN3S. The number of aromatic nitrogens is 3. The molecule has 0 aliphatic heterocycles. The minimum absolute atomic E-state index is 0.751. The lowest BCUT2D eigenvalue weighted by Gasteiger charge is -2.05. The molecule has 3 nitrogen and oxygen atoms in total. The van der Waals surface area contributed by atoms with Gasteiger partial charge in [0, 0.05) is 24.2 Å². The van der Waals surface area contributed by atoms with Crippen molar-refractivity contribution in [1.82, 2.24) is 14.8 Å². The van der Waals surface area contributed by atoms with Crippen LogP contribution in [0.3, 0.4) is 0 Å². The van der Waals surface area contributed by atoms with E-state index in [9.17, 15) is 0 Å². The third-order valence-corrected chi connectivity index (χ3v) is 4.99. The van der Waals surface area contributed by atoms with Crippen LogP contribution in [-0.4, -0.2) is 14.8 Å². The number of thioether (sulfide) groups is 1. The lowest BCUT2D eigenvalue weighted by atomic mass is 10.1. The van der Waals surface area contributed by atoms with Crippen molar-refractivity contribution >= 4 is 23.4 Å². The van der Waals surface area contributed by atoms with Crippen LogP contribution in [-0.2, 0) is 19.2 Å². The summed E-state index contributed by atoms with van der Waals surface area (Å²) in [5.74, 6) is 1.85. The fourth-order valence-electron chi connectivity index (χ4n) is 2.36. The van der Waals surface area contributed by atoms with Crippen molar-refractivity contribution < 1.29 is 0 Å². The largest absolute Gasteiger partial charge is 0.309 e. The average Bonchev–Trinajstić information content (AvgIpc) is 2.88. The number of halogens is 1. The van der Waals surface area contributed by atoms with Gasteiger partial charge in [-0.15, -0.1) is 10.2 Å². The molecule has 0 fully saturated rings. The molecule has 5 heteroatoms. The van der Waals surface area contributed by atoms with Crippen molar-refractivity contribution in [2.75, 3.05) is 0 Å². The van der Waals surface area contributed by atoms with E-state index in [4.69, 9.17) is 11.6 Å². The number of benzene rings is 2. The summed E-state index contributed by atoms with van der Waals surface area (Å²) in [5, 5.41) is 10.3. The van der Waals surface area contributed by atoms with E-state index < -0.39 is 0 Å². The number of aryl methyl sites for hydroxylation is 1. The number of nitrogens with zero attached hydrogens (tertiary/aromatic N) is 3. The second kappa shape index (κ2) is 7.20. The average molecular weight is 344 g/mol. The van der Waals surface area contributed by atoms with E-state index >= 15 is 0 Å². The predicted molar refractivity (Wildman–Crippen MR) is 96.0 cm³/mol. The van der Waals surface area contributed by atoms with Gasteiger partial charge < -0.3 is 4.57 Å². The lowest BCUT2D eigenvalue weighted by molar-refractivity contribution is 0.749. The monoisotopic (exact) mass is 343 g/mol. The van der Waals surface area contributed by atoms with Crippen molar-refractivity contribution in [2.24, 2.45) is 7.05 Å². The maximum absolute atomic E-state index is 5.92. The third-order valence-electron chi connectivity index (χ3n) is 3.65. The summed E-state index contributed by atoms with van der Waals surface area (Å²) in [5.41, 5.74) is 3.77. The normalized spacial score (nSPS) is 10.9. The Morgan fingerprint density at radius 3 is 2.57 bits per heavy atom. The summed E-state index contributed by atoms with van der Waals surface area (Å²) in [6, 6.07) is 16.4. The zero-order chi connectivity index (χ0) is 16.2. The highest BCUT2D eigenvalue weighted by molar-refractivity contribution is 7.98. The first-order chi connectivity index (χ1) is 11.1. The van der Waals surface area contributed by atoms with E-state index in [2.05, 4.69) is 46.0 Å². The van der Waals surface area contributed by atoms with Gasteiger partial charge in [-0.1, -0.05) is 65.3 Å². The van der Waals surface area contributed by atoms with Gasteiger partial charge in [0.15, 0.2) is 5.16 Å². The van der Waals surface area contributed by atoms with Gasteiger partial charge in [-0.05, 0) is 30.2 Å². The van der Waals surface area contributed by atoms with Gasteiger partial charge in [-0.3, -0.25) is 0 Å². The highest BCUT2D eigenvalue weighted by Gasteiger charge is 2.10. The number of hydrogen-bond donors (Lipinski definition) is 0. The summed E-state index contributed by atoms with van der Waals surface area (Å²) in [6.07, 6.45) is 0.756. The quantitative estimate of drug-likeness (QED) is 0.631. The van der Waals surface area contributed by atoms with Crippen LogP contribution >= 0.6 is 23.4 Å². The van der Waals surface area contributed by atoms with E-state index in [0.717, 1.165) is 28.2 Å². The molecule has 0 radical (unpaired) electrons. The zero-order valence-electron chi connectivity index (χ0n) is 13.2. The third kappa shape index (κ3) is 4.15. The minimum atomic E-state index is 0.751. The second-order valence-electron chi connectivity index (χ2n) is 5.54. The van der Waals surface area contributed by atoms with Crippen molar-refractivity contribution in [3.05, 3.63) is 76.1 Å². The summed E-state index contributed by atoms with van der Waals surface area (Å²) in [6.45, 7) is 2.11. The number of rotatable bonds is 5. The molecule has 0 atom stereocenters. The molecule has 1 heterocycles. The Kier molecular flexibility index (Phi) is 5.03. The first kappa shape index (κ1) is 16.1. The van der Waals surface area contributed by atoms with E-state index in [1.54, 1.807) is 11.8 Å². The Labute approximate surface area is 145 Å². The summed E-state index contributed by atoms with van der Waals surface area (Å²) < 4.78 is 2.06. The topological polar surface area (TPSA) is 30.7 Å². The fourth-order valence-corrected chi connectivity index (χ4v) is 3.36. The Morgan fingerprint density at radius 2 is 1.83 bits per heavy atom. The minimum Gasteiger partial charge on any atom is -0.309 e. The molecule has 118 valence electrons. The van der Waals surface area contributed by atoms with Gasteiger partial charge in [0.2, 0.25) is 0 Å². The summed E-state index contributed by atoms with van der Waals surface area (Å²) in [7, 11) is 2.02. The Bertz CT molecular complexity index is 796. The van der Waals surface area contributed by atoms with Crippen molar-refractivity contribution in [1.29, 1.82) is 0 Å². The molecule has 0 saturated heterocycles. The molecule has 0 spiro atoms. The van der Waals surface area contributed by atoms with Gasteiger partial charge in [-0.25, -0.2) is 0 Å². The first-order valence-corrected chi connectivity index (χ1v) is 8.79. The van der Waals surface area contributed by atoms with Crippen LogP contribution in [0.15, 0.2) is 53.7 Å². The molecule has 0 amide bonds. The SMILES string of the molecule is Cc1cccc(CSc2nnc(Cc3ccc(Cl)cc3)n2C)c1. The predicted octanol–water partition coefficient (Wildman–Crippen LogP) is 4.66. The van der Waals surface area contributed by atoms with Gasteiger partial charge in [-0.2, -0.15) is 0 Å². The van der Waals surface area contributed by atoms with Gasteiger partial charge >= 0.3 is 0 Å². The van der Waals surface area contributed by atoms with Crippen molar-refractivity contribution in [2.45, 2.75) is 24.3 Å². The molecule has 3 rings (SSSR count). The Morgan fingerprint density at radius 1 is 1.04 bits per heavy atom. The van der Waals surface area contributed by atoms with Crippen molar-refractivity contribution in [3.63, 3.8) is 0 Å². The summed E-state index contributed by atoms with van der Waals surface area (Å²) in [4.78, 5) is 0. The standard InChI is InChI=1S/C18H18ClN3S/c1-13-4-3-5-15(10-13)12-23-18-21-20-17(22(18)2)11-14-6-8-16(19)9-7-14/h3-10H,11-12H2,1-2H3. The van der Waals surface area contributed by atoms with Crippen LogP contribution in [0.2, 0.25) is 5.02 Å². The van der Waals surface area contributed by atoms with E-state index in [1.165, 1.54) is 16.7 Å². The molecule has 0 saturated carbocycles. The second-order valence-corrected chi connectivity index (χ2v) is 6.92. The van der Waals surface area contributed by atoms with E-state index in [1.807, 2.05) is 31.3 Å². The molecule has 23 heavy (non-hydrogen) atoms. The van der Waals surface area contributed by atoms with E-state index in [-0.39, 0.29) is 0 Å². The molecule has 0 aliphatic carbocycles. The zero-order valence-corrected chi connectivity index (χ0v) is 14.7. The van der Waals surface area contributed by atoms with Crippen LogP contribution in [0, 0.1) is 6.92 Å². The fraction of sp³-hybridized carbons (Fsp3) is 0.222. The van der Waals surface area contributed by atoms with Crippen LogP contribution in [0.5, 0.6) is 0 Å². The van der Waals surface area contributed by atoms with Gasteiger partial charge in [0.1, 0.15) is 5.82 Å². The summed E-state index contributed by atoms with van der Waals surface area (Å²) >= 11 is 7.63. The van der Waals surface area contributed by atoms with E-state index in [0.29, 0.717) is 0 Å². The first-order valence-electron chi connectivity index (χ1n) is 7.43. The Balaban J connectivity index is 1.68. The smallest absolute Gasteiger partial charge is 0.191 e. The molecule has 0 unspecified atom stereocenters. The molecule has 0 N–H and O–H groups in total. The van der Waals surface area contributed by atoms with Gasteiger partial charge in [0.05, 0.1) is 0 Å². The highest BCUT2D eigenvalue weighted by atomic mass is 35.5.